The van der Waals surface area contributed by atoms with Gasteiger partial charge in [0.1, 0.15) is 5.82 Å². The second-order valence-electron chi connectivity index (χ2n) is 4.89. The van der Waals surface area contributed by atoms with Crippen molar-refractivity contribution in [1.29, 1.82) is 0 Å². The zero-order valence-electron chi connectivity index (χ0n) is 12.6. The molecule has 2 heterocycles. The Hall–Kier alpha value is -2.47. The van der Waals surface area contributed by atoms with E-state index < -0.39 is 0 Å². The third-order valence-electron chi connectivity index (χ3n) is 3.34. The van der Waals surface area contributed by atoms with Crippen LogP contribution in [0.2, 0.25) is 0 Å². The number of hydrogen-bond donors (Lipinski definition) is 2. The molecule has 0 bridgehead atoms. The minimum atomic E-state index is 0.578. The average molecular weight is 370 g/mol. The Kier molecular flexibility index (Phi) is 4.83. The topological polar surface area (TPSA) is 62.7 Å². The minimum absolute atomic E-state index is 0.578. The van der Waals surface area contributed by atoms with E-state index in [1.54, 1.807) is 12.4 Å². The van der Waals surface area contributed by atoms with Crippen LogP contribution < -0.4 is 10.6 Å². The van der Waals surface area contributed by atoms with Gasteiger partial charge in [-0.25, -0.2) is 4.98 Å². The second kappa shape index (κ2) is 7.19. The molecule has 0 radical (unpaired) electrons. The number of nitrogens with zero attached hydrogens (tertiary/aromatic N) is 3. The van der Waals surface area contributed by atoms with Crippen LogP contribution in [0.1, 0.15) is 5.56 Å². The zero-order valence-corrected chi connectivity index (χ0v) is 14.2. The molecule has 23 heavy (non-hydrogen) atoms. The fourth-order valence-electron chi connectivity index (χ4n) is 2.15. The Labute approximate surface area is 143 Å². The van der Waals surface area contributed by atoms with Crippen molar-refractivity contribution >= 4 is 27.7 Å². The molecule has 2 N–H and O–H groups in total. The summed E-state index contributed by atoms with van der Waals surface area (Å²) in [5.74, 6) is 1.35. The molecule has 2 aromatic heterocycles. The molecule has 0 aliphatic heterocycles. The molecule has 0 saturated carbocycles. The lowest BCUT2D eigenvalue weighted by Crippen LogP contribution is -2.06. The number of aromatic nitrogens is 3. The zero-order chi connectivity index (χ0) is 16.1. The van der Waals surface area contributed by atoms with Crippen LogP contribution in [0.5, 0.6) is 0 Å². The summed E-state index contributed by atoms with van der Waals surface area (Å²) in [7, 11) is 1.81. The number of halogens is 1. The van der Waals surface area contributed by atoms with Crippen LogP contribution in [0.4, 0.5) is 11.8 Å². The molecule has 6 heteroatoms. The Morgan fingerprint density at radius 1 is 1.04 bits per heavy atom. The molecule has 0 atom stereocenters. The van der Waals surface area contributed by atoms with Crippen LogP contribution in [0.3, 0.4) is 0 Å². The Balaban J connectivity index is 1.86. The van der Waals surface area contributed by atoms with Crippen LogP contribution in [-0.2, 0) is 6.54 Å². The molecule has 0 saturated heterocycles. The Morgan fingerprint density at radius 2 is 1.83 bits per heavy atom. The van der Waals surface area contributed by atoms with Gasteiger partial charge in [-0.3, -0.25) is 4.98 Å². The van der Waals surface area contributed by atoms with Gasteiger partial charge in [-0.05, 0) is 23.8 Å². The van der Waals surface area contributed by atoms with Crippen molar-refractivity contribution in [2.45, 2.75) is 6.54 Å². The maximum atomic E-state index is 4.50. The first-order valence-corrected chi connectivity index (χ1v) is 8.00. The van der Waals surface area contributed by atoms with Gasteiger partial charge < -0.3 is 10.6 Å². The van der Waals surface area contributed by atoms with Crippen LogP contribution in [0, 0.1) is 0 Å². The molecule has 0 fully saturated rings. The van der Waals surface area contributed by atoms with Gasteiger partial charge in [-0.15, -0.1) is 0 Å². The predicted molar refractivity (Wildman–Crippen MR) is 96.3 cm³/mol. The maximum absolute atomic E-state index is 4.50. The van der Waals surface area contributed by atoms with Gasteiger partial charge in [0.25, 0.3) is 0 Å². The molecule has 0 amide bonds. The fourth-order valence-corrected chi connectivity index (χ4v) is 2.57. The molecule has 1 aromatic carbocycles. The van der Waals surface area contributed by atoms with Crippen molar-refractivity contribution in [2.24, 2.45) is 0 Å². The lowest BCUT2D eigenvalue weighted by atomic mass is 10.2. The summed E-state index contributed by atoms with van der Waals surface area (Å²) in [5, 5.41) is 6.35. The fraction of sp³-hybridized carbons (Fsp3) is 0.118. The molecule has 0 aliphatic carbocycles. The molecule has 0 aliphatic rings. The van der Waals surface area contributed by atoms with Gasteiger partial charge in [0.15, 0.2) is 0 Å². The molecule has 0 unspecified atom stereocenters. The van der Waals surface area contributed by atoms with E-state index in [1.807, 2.05) is 43.4 Å². The van der Waals surface area contributed by atoms with Crippen LogP contribution in [-0.4, -0.2) is 22.0 Å². The summed E-state index contributed by atoms with van der Waals surface area (Å²) in [5.41, 5.74) is 3.02. The van der Waals surface area contributed by atoms with E-state index in [9.17, 15) is 0 Å². The molecule has 5 nitrogen and oxygen atoms in total. The lowest BCUT2D eigenvalue weighted by Gasteiger charge is -2.11. The van der Waals surface area contributed by atoms with Gasteiger partial charge in [0.05, 0.1) is 5.69 Å². The lowest BCUT2D eigenvalue weighted by molar-refractivity contribution is 1.07. The molecular formula is C17H16BrN5. The number of hydrogen-bond acceptors (Lipinski definition) is 5. The third kappa shape index (κ3) is 3.84. The van der Waals surface area contributed by atoms with Crippen LogP contribution >= 0.6 is 15.9 Å². The number of nitrogens with one attached hydrogen (secondary N) is 2. The molecular weight excluding hydrogens is 354 g/mol. The first-order chi connectivity index (χ1) is 11.3. The van der Waals surface area contributed by atoms with Gasteiger partial charge in [-0.2, -0.15) is 4.98 Å². The highest BCUT2D eigenvalue weighted by molar-refractivity contribution is 9.10. The Bertz CT molecular complexity index is 792. The van der Waals surface area contributed by atoms with Crippen molar-refractivity contribution in [2.75, 3.05) is 17.7 Å². The largest absolute Gasteiger partial charge is 0.366 e. The van der Waals surface area contributed by atoms with Crippen molar-refractivity contribution in [3.05, 3.63) is 64.9 Å². The van der Waals surface area contributed by atoms with E-state index in [-0.39, 0.29) is 0 Å². The standard InChI is InChI=1S/C17H16BrN5/c1-19-17-22-15(12-6-8-20-9-7-12)10-16(23-17)21-11-13-4-2-3-5-14(13)18/h2-10H,11H2,1H3,(H2,19,21,22,23). The summed E-state index contributed by atoms with van der Waals surface area (Å²) in [6, 6.07) is 13.9. The van der Waals surface area contributed by atoms with E-state index in [1.165, 1.54) is 5.56 Å². The molecule has 3 rings (SSSR count). The van der Waals surface area contributed by atoms with Crippen molar-refractivity contribution in [3.63, 3.8) is 0 Å². The van der Waals surface area contributed by atoms with Gasteiger partial charge >= 0.3 is 0 Å². The number of anilines is 2. The van der Waals surface area contributed by atoms with Crippen molar-refractivity contribution in [1.82, 2.24) is 15.0 Å². The van der Waals surface area contributed by atoms with Gasteiger partial charge in [0.2, 0.25) is 5.95 Å². The Morgan fingerprint density at radius 3 is 2.57 bits per heavy atom. The molecule has 3 aromatic rings. The summed E-state index contributed by atoms with van der Waals surface area (Å²) in [6.07, 6.45) is 3.51. The summed E-state index contributed by atoms with van der Waals surface area (Å²) < 4.78 is 1.07. The number of benzene rings is 1. The minimum Gasteiger partial charge on any atom is -0.366 e. The van der Waals surface area contributed by atoms with E-state index >= 15 is 0 Å². The molecule has 0 spiro atoms. The average Bonchev–Trinajstić information content (AvgIpc) is 2.61. The van der Waals surface area contributed by atoms with E-state index in [0.717, 1.165) is 21.5 Å². The first-order valence-electron chi connectivity index (χ1n) is 7.21. The normalized spacial score (nSPS) is 10.3. The predicted octanol–water partition coefficient (Wildman–Crippen LogP) is 3.95. The van der Waals surface area contributed by atoms with E-state index in [4.69, 9.17) is 0 Å². The SMILES string of the molecule is CNc1nc(NCc2ccccc2Br)cc(-c2ccncc2)n1. The van der Waals surface area contributed by atoms with Crippen LogP contribution in [0.25, 0.3) is 11.3 Å². The smallest absolute Gasteiger partial charge is 0.224 e. The number of rotatable bonds is 5. The quantitative estimate of drug-likeness (QED) is 0.712. The van der Waals surface area contributed by atoms with Crippen molar-refractivity contribution < 1.29 is 0 Å². The third-order valence-corrected chi connectivity index (χ3v) is 4.12. The van der Waals surface area contributed by atoms with Gasteiger partial charge in [0, 0.05) is 42.1 Å². The van der Waals surface area contributed by atoms with Crippen molar-refractivity contribution in [3.8, 4) is 11.3 Å². The summed E-state index contributed by atoms with van der Waals surface area (Å²) in [6.45, 7) is 0.678. The monoisotopic (exact) mass is 369 g/mol. The highest BCUT2D eigenvalue weighted by Gasteiger charge is 2.06. The van der Waals surface area contributed by atoms with E-state index in [0.29, 0.717) is 12.5 Å². The first kappa shape index (κ1) is 15.4. The molecule has 116 valence electrons. The highest BCUT2D eigenvalue weighted by Crippen LogP contribution is 2.22. The van der Waals surface area contributed by atoms with E-state index in [2.05, 4.69) is 47.6 Å². The second-order valence-corrected chi connectivity index (χ2v) is 5.75. The highest BCUT2D eigenvalue weighted by atomic mass is 79.9. The van der Waals surface area contributed by atoms with Crippen LogP contribution in [0.15, 0.2) is 59.3 Å². The summed E-state index contributed by atoms with van der Waals surface area (Å²) in [4.78, 5) is 13.0. The summed E-state index contributed by atoms with van der Waals surface area (Å²) >= 11 is 3.56. The number of pyridine rings is 1. The maximum Gasteiger partial charge on any atom is 0.224 e. The van der Waals surface area contributed by atoms with Gasteiger partial charge in [-0.1, -0.05) is 34.1 Å².